The lowest BCUT2D eigenvalue weighted by molar-refractivity contribution is 0.411. The molecule has 0 aromatic rings. The highest BCUT2D eigenvalue weighted by Gasteiger charge is 2.27. The summed E-state index contributed by atoms with van der Waals surface area (Å²) in [5, 5.41) is 0. The molecule has 1 rings (SSSR count). The minimum absolute atomic E-state index is 0.551. The van der Waals surface area contributed by atoms with Gasteiger partial charge in [0.2, 0.25) is 0 Å². The molecule has 2 heteroatoms. The third-order valence-corrected chi connectivity index (χ3v) is 1.01. The van der Waals surface area contributed by atoms with Crippen molar-refractivity contribution in [3.05, 3.63) is 0 Å². The van der Waals surface area contributed by atoms with Crippen molar-refractivity contribution in [2.45, 2.75) is 19.0 Å². The summed E-state index contributed by atoms with van der Waals surface area (Å²) in [6.07, 6.45) is 0.551. The number of rotatable bonds is 0. The standard InChI is InChI=1S/C3H7BO/c1-2-3(4)5-2/h2-3H,4H2,1H3. The van der Waals surface area contributed by atoms with Gasteiger partial charge in [0.25, 0.3) is 0 Å². The number of ether oxygens (including phenoxy) is 1. The lowest BCUT2D eigenvalue weighted by Crippen LogP contribution is -1.82. The molecule has 5 heavy (non-hydrogen) atoms. The van der Waals surface area contributed by atoms with Crippen molar-refractivity contribution < 1.29 is 4.74 Å². The predicted molar refractivity (Wildman–Crippen MR) is 22.9 cm³/mol. The van der Waals surface area contributed by atoms with E-state index in [-0.39, 0.29) is 0 Å². The Morgan fingerprint density at radius 3 is 2.00 bits per heavy atom. The Kier molecular flexibility index (Phi) is 0.481. The van der Waals surface area contributed by atoms with Crippen molar-refractivity contribution in [2.24, 2.45) is 0 Å². The Morgan fingerprint density at radius 2 is 2.00 bits per heavy atom. The van der Waals surface area contributed by atoms with Crippen molar-refractivity contribution in [3.8, 4) is 0 Å². The Morgan fingerprint density at radius 1 is 1.80 bits per heavy atom. The van der Waals surface area contributed by atoms with Gasteiger partial charge in [0, 0.05) is 6.00 Å². The zero-order valence-corrected chi connectivity index (χ0v) is 3.56. The molecule has 0 aromatic heterocycles. The van der Waals surface area contributed by atoms with Crippen LogP contribution in [0.25, 0.3) is 0 Å². The Bertz CT molecular complexity index is 40.2. The first-order valence-electron chi connectivity index (χ1n) is 1.96. The average molecular weight is 69.9 g/mol. The zero-order valence-electron chi connectivity index (χ0n) is 3.56. The first kappa shape index (κ1) is 3.22. The van der Waals surface area contributed by atoms with Gasteiger partial charge in [-0.3, -0.25) is 0 Å². The summed E-state index contributed by atoms with van der Waals surface area (Å²) in [5.41, 5.74) is 0. The van der Waals surface area contributed by atoms with Crippen molar-refractivity contribution in [1.82, 2.24) is 0 Å². The average Bonchev–Trinajstić information content (AvgIpc) is 1.79. The van der Waals surface area contributed by atoms with E-state index in [0.717, 1.165) is 0 Å². The molecular formula is C3H7BO. The number of hydrogen-bond acceptors (Lipinski definition) is 1. The van der Waals surface area contributed by atoms with Gasteiger partial charge in [-0.1, -0.05) is 0 Å². The van der Waals surface area contributed by atoms with Crippen LogP contribution in [-0.2, 0) is 4.74 Å². The highest BCUT2D eigenvalue weighted by atomic mass is 16.6. The Labute approximate surface area is 32.7 Å². The molecule has 2 unspecified atom stereocenters. The van der Waals surface area contributed by atoms with Gasteiger partial charge in [0.1, 0.15) is 7.85 Å². The van der Waals surface area contributed by atoms with Gasteiger partial charge in [-0.25, -0.2) is 0 Å². The third kappa shape index (κ3) is 0.455. The van der Waals surface area contributed by atoms with Crippen LogP contribution in [0, 0.1) is 0 Å². The molecule has 1 aliphatic rings. The summed E-state index contributed by atoms with van der Waals surface area (Å²) in [7, 11) is 2.07. The van der Waals surface area contributed by atoms with Crippen LogP contribution < -0.4 is 0 Å². The van der Waals surface area contributed by atoms with Crippen LogP contribution in [-0.4, -0.2) is 20.0 Å². The molecule has 2 atom stereocenters. The highest BCUT2D eigenvalue weighted by molar-refractivity contribution is 6.12. The maximum absolute atomic E-state index is 4.92. The molecule has 0 saturated carbocycles. The maximum Gasteiger partial charge on any atom is 0.142 e. The van der Waals surface area contributed by atoms with Gasteiger partial charge in [0.05, 0.1) is 6.10 Å². The van der Waals surface area contributed by atoms with Gasteiger partial charge in [-0.05, 0) is 6.92 Å². The normalized spacial score (nSPS) is 49.0. The summed E-state index contributed by atoms with van der Waals surface area (Å²) in [4.78, 5) is 0. The van der Waals surface area contributed by atoms with Gasteiger partial charge < -0.3 is 4.74 Å². The van der Waals surface area contributed by atoms with E-state index in [1.807, 2.05) is 0 Å². The molecule has 0 amide bonds. The number of epoxide rings is 1. The fraction of sp³-hybridized carbons (Fsp3) is 1.00. The van der Waals surface area contributed by atoms with Gasteiger partial charge in [-0.15, -0.1) is 0 Å². The summed E-state index contributed by atoms with van der Waals surface area (Å²) >= 11 is 0. The van der Waals surface area contributed by atoms with Crippen LogP contribution in [0.1, 0.15) is 6.92 Å². The fourth-order valence-electron chi connectivity index (χ4n) is 0.293. The molecule has 1 heterocycles. The Balaban J connectivity index is 2.20. The second-order valence-electron chi connectivity index (χ2n) is 1.55. The largest absolute Gasteiger partial charge is 0.380 e. The van der Waals surface area contributed by atoms with E-state index in [2.05, 4.69) is 14.8 Å². The molecule has 0 aliphatic carbocycles. The van der Waals surface area contributed by atoms with Crippen LogP contribution >= 0.6 is 0 Å². The second kappa shape index (κ2) is 0.746. The van der Waals surface area contributed by atoms with E-state index in [1.54, 1.807) is 0 Å². The smallest absolute Gasteiger partial charge is 0.142 e. The minimum Gasteiger partial charge on any atom is -0.380 e. The van der Waals surface area contributed by atoms with E-state index in [1.165, 1.54) is 0 Å². The van der Waals surface area contributed by atoms with Crippen molar-refractivity contribution in [3.63, 3.8) is 0 Å². The maximum atomic E-state index is 4.92. The summed E-state index contributed by atoms with van der Waals surface area (Å²) < 4.78 is 4.92. The monoisotopic (exact) mass is 70.1 g/mol. The molecule has 0 N–H and O–H groups in total. The van der Waals surface area contributed by atoms with Gasteiger partial charge in [-0.2, -0.15) is 0 Å². The van der Waals surface area contributed by atoms with Crippen LogP contribution in [0.4, 0.5) is 0 Å². The van der Waals surface area contributed by atoms with Crippen molar-refractivity contribution in [1.29, 1.82) is 0 Å². The molecule has 0 aromatic carbocycles. The van der Waals surface area contributed by atoms with Crippen LogP contribution in [0.3, 0.4) is 0 Å². The van der Waals surface area contributed by atoms with E-state index in [4.69, 9.17) is 4.74 Å². The second-order valence-corrected chi connectivity index (χ2v) is 1.55. The predicted octanol–water partition coefficient (Wildman–Crippen LogP) is -0.636. The first-order valence-corrected chi connectivity index (χ1v) is 1.96. The third-order valence-electron chi connectivity index (χ3n) is 1.01. The zero-order chi connectivity index (χ0) is 3.86. The molecule has 0 radical (unpaired) electrons. The van der Waals surface area contributed by atoms with E-state index < -0.39 is 0 Å². The summed E-state index contributed by atoms with van der Waals surface area (Å²) in [5.74, 6) is 0. The highest BCUT2D eigenvalue weighted by Crippen LogP contribution is 2.15. The lowest BCUT2D eigenvalue weighted by Gasteiger charge is -1.56. The van der Waals surface area contributed by atoms with E-state index in [9.17, 15) is 0 Å². The molecule has 1 fully saturated rings. The Hall–Kier alpha value is 0.0249. The topological polar surface area (TPSA) is 12.5 Å². The SMILES string of the molecule is BC1OC1C. The molecule has 0 bridgehead atoms. The molecular weight excluding hydrogens is 62.8 g/mol. The molecule has 0 spiro atoms. The minimum atomic E-state index is 0.551. The molecule has 1 saturated heterocycles. The molecule has 1 aliphatic heterocycles. The summed E-state index contributed by atoms with van der Waals surface area (Å²) in [6, 6.07) is 0.551. The van der Waals surface area contributed by atoms with Gasteiger partial charge >= 0.3 is 0 Å². The van der Waals surface area contributed by atoms with Crippen LogP contribution in [0.2, 0.25) is 0 Å². The molecule has 1 nitrogen and oxygen atoms in total. The fourth-order valence-corrected chi connectivity index (χ4v) is 0.293. The van der Waals surface area contributed by atoms with E-state index in [0.29, 0.717) is 12.1 Å². The lowest BCUT2D eigenvalue weighted by atomic mass is 10.0. The van der Waals surface area contributed by atoms with Crippen molar-refractivity contribution >= 4 is 7.85 Å². The van der Waals surface area contributed by atoms with Gasteiger partial charge in [0.15, 0.2) is 0 Å². The van der Waals surface area contributed by atoms with E-state index >= 15 is 0 Å². The van der Waals surface area contributed by atoms with Crippen LogP contribution in [0.15, 0.2) is 0 Å². The first-order chi connectivity index (χ1) is 2.30. The summed E-state index contributed by atoms with van der Waals surface area (Å²) in [6.45, 7) is 2.07. The van der Waals surface area contributed by atoms with Crippen molar-refractivity contribution in [2.75, 3.05) is 0 Å². The number of hydrogen-bond donors (Lipinski definition) is 0. The quantitative estimate of drug-likeness (QED) is 0.273. The molecule has 28 valence electrons. The van der Waals surface area contributed by atoms with Crippen LogP contribution in [0.5, 0.6) is 0 Å².